The number of hydrogen-bond acceptors (Lipinski definition) is 4. The minimum absolute atomic E-state index is 0.309. The van der Waals surface area contributed by atoms with Gasteiger partial charge in [0.1, 0.15) is 17.0 Å². The smallest absolute Gasteiger partial charge is 0.342 e. The van der Waals surface area contributed by atoms with Crippen molar-refractivity contribution < 1.29 is 9.53 Å². The van der Waals surface area contributed by atoms with Crippen LogP contribution in [0, 0.1) is 0 Å². The van der Waals surface area contributed by atoms with Gasteiger partial charge < -0.3 is 4.74 Å². The Kier molecular flexibility index (Phi) is 3.62. The molecular formula is C12H12ClN3O2. The molecule has 2 aromatic heterocycles. The van der Waals surface area contributed by atoms with Crippen LogP contribution in [0.3, 0.4) is 0 Å². The molecule has 0 radical (unpaired) electrons. The van der Waals surface area contributed by atoms with Crippen molar-refractivity contribution in [2.75, 3.05) is 6.61 Å². The maximum absolute atomic E-state index is 11.8. The predicted octanol–water partition coefficient (Wildman–Crippen LogP) is 2.31. The molecule has 2 aromatic rings. The normalized spacial score (nSPS) is 10.4. The molecule has 0 bridgehead atoms. The van der Waals surface area contributed by atoms with Gasteiger partial charge in [0, 0.05) is 13.2 Å². The second-order valence-corrected chi connectivity index (χ2v) is 3.99. The lowest BCUT2D eigenvalue weighted by Crippen LogP contribution is -2.07. The number of nitrogens with zero attached hydrogens (tertiary/aromatic N) is 3. The molecule has 0 atom stereocenters. The molecule has 18 heavy (non-hydrogen) atoms. The first kappa shape index (κ1) is 12.6. The number of halogens is 1. The van der Waals surface area contributed by atoms with Gasteiger partial charge in [0.2, 0.25) is 0 Å². The van der Waals surface area contributed by atoms with E-state index in [1.54, 1.807) is 37.0 Å². The maximum Gasteiger partial charge on any atom is 0.342 e. The molecule has 6 heteroatoms. The Morgan fingerprint density at radius 3 is 3.00 bits per heavy atom. The lowest BCUT2D eigenvalue weighted by Gasteiger charge is -2.06. The minimum atomic E-state index is -0.428. The fourth-order valence-electron chi connectivity index (χ4n) is 1.64. The van der Waals surface area contributed by atoms with Crippen molar-refractivity contribution in [1.29, 1.82) is 0 Å². The lowest BCUT2D eigenvalue weighted by molar-refractivity contribution is 0.0527. The van der Waals surface area contributed by atoms with Gasteiger partial charge in [0.15, 0.2) is 0 Å². The summed E-state index contributed by atoms with van der Waals surface area (Å²) in [7, 11) is 1.73. The highest BCUT2D eigenvalue weighted by molar-refractivity contribution is 6.33. The molecule has 0 amide bonds. The highest BCUT2D eigenvalue weighted by atomic mass is 35.5. The number of rotatable bonds is 3. The summed E-state index contributed by atoms with van der Waals surface area (Å²) in [6.45, 7) is 2.06. The van der Waals surface area contributed by atoms with Crippen LogP contribution in [-0.2, 0) is 11.8 Å². The Balaban J connectivity index is 2.54. The Bertz CT molecular complexity index is 580. The van der Waals surface area contributed by atoms with Crippen LogP contribution in [0.25, 0.3) is 11.4 Å². The van der Waals surface area contributed by atoms with Crippen LogP contribution in [0.15, 0.2) is 24.5 Å². The van der Waals surface area contributed by atoms with Crippen LogP contribution >= 0.6 is 11.6 Å². The van der Waals surface area contributed by atoms with Gasteiger partial charge in [0.05, 0.1) is 17.8 Å². The lowest BCUT2D eigenvalue weighted by atomic mass is 10.2. The van der Waals surface area contributed by atoms with E-state index in [0.717, 1.165) is 0 Å². The first-order valence-corrected chi connectivity index (χ1v) is 5.83. The summed E-state index contributed by atoms with van der Waals surface area (Å²) in [4.78, 5) is 16.0. The molecule has 0 N–H and O–H groups in total. The number of esters is 1. The number of ether oxygens (including phenoxy) is 1. The number of aryl methyl sites for hydroxylation is 1. The molecule has 5 nitrogen and oxygen atoms in total. The van der Waals surface area contributed by atoms with Crippen molar-refractivity contribution in [1.82, 2.24) is 14.8 Å². The zero-order chi connectivity index (χ0) is 13.1. The van der Waals surface area contributed by atoms with E-state index in [4.69, 9.17) is 16.3 Å². The first-order valence-electron chi connectivity index (χ1n) is 5.45. The Labute approximate surface area is 109 Å². The van der Waals surface area contributed by atoms with Gasteiger partial charge in [-0.05, 0) is 19.1 Å². The van der Waals surface area contributed by atoms with E-state index in [2.05, 4.69) is 10.1 Å². The van der Waals surface area contributed by atoms with Crippen LogP contribution < -0.4 is 0 Å². The van der Waals surface area contributed by atoms with Crippen LogP contribution in [0.5, 0.6) is 0 Å². The molecule has 2 heterocycles. The molecule has 0 aliphatic rings. The van der Waals surface area contributed by atoms with Gasteiger partial charge in [-0.25, -0.2) is 4.79 Å². The van der Waals surface area contributed by atoms with Crippen molar-refractivity contribution >= 4 is 17.6 Å². The summed E-state index contributed by atoms with van der Waals surface area (Å²) in [5, 5.41) is 4.52. The summed E-state index contributed by atoms with van der Waals surface area (Å²) < 4.78 is 6.54. The molecule has 94 valence electrons. The van der Waals surface area contributed by atoms with Crippen molar-refractivity contribution in [2.24, 2.45) is 7.05 Å². The topological polar surface area (TPSA) is 57.0 Å². The predicted molar refractivity (Wildman–Crippen MR) is 67.4 cm³/mol. The quantitative estimate of drug-likeness (QED) is 0.799. The maximum atomic E-state index is 11.8. The van der Waals surface area contributed by atoms with E-state index in [1.807, 2.05) is 0 Å². The van der Waals surface area contributed by atoms with E-state index in [-0.39, 0.29) is 0 Å². The second kappa shape index (κ2) is 5.18. The van der Waals surface area contributed by atoms with Crippen LogP contribution in [-0.4, -0.2) is 27.3 Å². The van der Waals surface area contributed by atoms with E-state index >= 15 is 0 Å². The third kappa shape index (κ3) is 2.22. The molecule has 0 aliphatic carbocycles. The molecule has 2 rings (SSSR count). The monoisotopic (exact) mass is 265 g/mol. The Morgan fingerprint density at radius 2 is 2.33 bits per heavy atom. The van der Waals surface area contributed by atoms with Gasteiger partial charge >= 0.3 is 5.97 Å². The number of carbonyl (C=O) groups is 1. The Hall–Kier alpha value is -1.88. The van der Waals surface area contributed by atoms with Crippen molar-refractivity contribution in [3.8, 4) is 11.4 Å². The number of pyridine rings is 1. The molecule has 0 aliphatic heterocycles. The largest absolute Gasteiger partial charge is 0.462 e. The van der Waals surface area contributed by atoms with Crippen LogP contribution in [0.4, 0.5) is 0 Å². The van der Waals surface area contributed by atoms with E-state index in [1.165, 1.54) is 6.20 Å². The third-order valence-corrected chi connectivity index (χ3v) is 2.72. The number of aromatic nitrogens is 3. The first-order chi connectivity index (χ1) is 8.65. The summed E-state index contributed by atoms with van der Waals surface area (Å²) in [5.74, 6) is -0.428. The van der Waals surface area contributed by atoms with Gasteiger partial charge in [0.25, 0.3) is 0 Å². The van der Waals surface area contributed by atoms with Gasteiger partial charge in [-0.2, -0.15) is 5.10 Å². The van der Waals surface area contributed by atoms with Crippen LogP contribution in [0.1, 0.15) is 17.3 Å². The zero-order valence-corrected chi connectivity index (χ0v) is 10.8. The number of hydrogen-bond donors (Lipinski definition) is 0. The third-order valence-electron chi connectivity index (χ3n) is 2.42. The van der Waals surface area contributed by atoms with E-state index in [9.17, 15) is 4.79 Å². The zero-order valence-electron chi connectivity index (χ0n) is 10.1. The summed E-state index contributed by atoms with van der Waals surface area (Å²) in [5.41, 5.74) is 1.43. The average Bonchev–Trinajstić information content (AvgIpc) is 2.72. The van der Waals surface area contributed by atoms with Crippen molar-refractivity contribution in [3.05, 3.63) is 35.1 Å². The van der Waals surface area contributed by atoms with Crippen molar-refractivity contribution in [2.45, 2.75) is 6.92 Å². The summed E-state index contributed by atoms with van der Waals surface area (Å²) in [6, 6.07) is 3.44. The fourth-order valence-corrected chi connectivity index (χ4v) is 1.85. The van der Waals surface area contributed by atoms with Crippen molar-refractivity contribution in [3.63, 3.8) is 0 Å². The summed E-state index contributed by atoms with van der Waals surface area (Å²) in [6.07, 6.45) is 3.07. The highest BCUT2D eigenvalue weighted by Gasteiger charge is 2.21. The SMILES string of the molecule is CCOC(=O)c1cnn(C)c1-c1ncccc1Cl. The van der Waals surface area contributed by atoms with Gasteiger partial charge in [-0.3, -0.25) is 9.67 Å². The van der Waals surface area contributed by atoms with Gasteiger partial charge in [-0.15, -0.1) is 0 Å². The molecule has 0 fully saturated rings. The minimum Gasteiger partial charge on any atom is -0.462 e. The summed E-state index contributed by atoms with van der Waals surface area (Å²) >= 11 is 6.09. The highest BCUT2D eigenvalue weighted by Crippen LogP contribution is 2.28. The molecule has 0 saturated carbocycles. The van der Waals surface area contributed by atoms with Crippen LogP contribution in [0.2, 0.25) is 5.02 Å². The standard InChI is InChI=1S/C12H12ClN3O2/c1-3-18-12(17)8-7-15-16(2)11(8)10-9(13)5-4-6-14-10/h4-7H,3H2,1-2H3. The fraction of sp³-hybridized carbons (Fsp3) is 0.250. The Morgan fingerprint density at radius 1 is 1.56 bits per heavy atom. The molecule has 0 unspecified atom stereocenters. The second-order valence-electron chi connectivity index (χ2n) is 3.58. The van der Waals surface area contributed by atoms with Gasteiger partial charge in [-0.1, -0.05) is 11.6 Å². The number of carbonyl (C=O) groups excluding carboxylic acids is 1. The molecular weight excluding hydrogens is 254 g/mol. The van der Waals surface area contributed by atoms with E-state index in [0.29, 0.717) is 28.6 Å². The average molecular weight is 266 g/mol. The molecule has 0 aromatic carbocycles. The molecule has 0 spiro atoms. The molecule has 0 saturated heterocycles. The van der Waals surface area contributed by atoms with E-state index < -0.39 is 5.97 Å².